The topological polar surface area (TPSA) is 49.5 Å². The van der Waals surface area contributed by atoms with Gasteiger partial charge in [0.2, 0.25) is 0 Å². The van der Waals surface area contributed by atoms with E-state index in [-0.39, 0.29) is 28.9 Å². The quantitative estimate of drug-likeness (QED) is 0.819. The average Bonchev–Trinajstić information content (AvgIpc) is 2.38. The normalized spacial score (nSPS) is 19.9. The molecule has 1 saturated heterocycles. The molecule has 1 atom stereocenters. The highest BCUT2D eigenvalue weighted by Gasteiger charge is 2.20. The molecule has 1 aliphatic rings. The van der Waals surface area contributed by atoms with Crippen molar-refractivity contribution in [3.8, 4) is 0 Å². The Bertz CT molecular complexity index is 453. The Morgan fingerprint density at radius 3 is 2.94 bits per heavy atom. The van der Waals surface area contributed by atoms with Gasteiger partial charge in [0.05, 0.1) is 0 Å². The maximum Gasteiger partial charge on any atom is 0.135 e. The zero-order valence-electron chi connectivity index (χ0n) is 10.1. The summed E-state index contributed by atoms with van der Waals surface area (Å²) in [4.78, 5) is 2.17. The highest BCUT2D eigenvalue weighted by Crippen LogP contribution is 2.24. The third-order valence-corrected chi connectivity index (χ3v) is 3.58. The molecule has 0 aliphatic carbocycles. The lowest BCUT2D eigenvalue weighted by molar-refractivity contribution is 0.208. The molecule has 0 bridgehead atoms. The lowest BCUT2D eigenvalue weighted by atomic mass is 9.98. The number of anilines is 1. The molecular weight excluding hydrogens is 251 g/mol. The smallest absolute Gasteiger partial charge is 0.135 e. The van der Waals surface area contributed by atoms with Crippen molar-refractivity contribution >= 4 is 22.9 Å². The van der Waals surface area contributed by atoms with E-state index in [0.29, 0.717) is 0 Å². The van der Waals surface area contributed by atoms with Gasteiger partial charge in [0.25, 0.3) is 0 Å². The van der Waals surface area contributed by atoms with Gasteiger partial charge in [-0.2, -0.15) is 0 Å². The van der Waals surface area contributed by atoms with E-state index in [1.165, 1.54) is 6.07 Å². The van der Waals surface area contributed by atoms with Gasteiger partial charge in [0, 0.05) is 30.9 Å². The summed E-state index contributed by atoms with van der Waals surface area (Å²) in [6, 6.07) is 4.92. The average molecular weight is 268 g/mol. The molecule has 0 radical (unpaired) electrons. The van der Waals surface area contributed by atoms with Crippen molar-refractivity contribution in [1.29, 1.82) is 0 Å². The zero-order chi connectivity index (χ0) is 13.1. The van der Waals surface area contributed by atoms with Crippen molar-refractivity contribution in [1.82, 2.24) is 0 Å². The molecule has 1 aliphatic heterocycles. The maximum absolute atomic E-state index is 13.8. The van der Waals surface area contributed by atoms with Gasteiger partial charge < -0.3 is 15.7 Å². The number of nitrogens with zero attached hydrogens (tertiary/aromatic N) is 1. The van der Waals surface area contributed by atoms with Crippen molar-refractivity contribution in [2.45, 2.75) is 12.8 Å². The number of aliphatic hydroxyl groups excluding tert-OH is 1. The Kier molecular flexibility index (Phi) is 4.14. The first kappa shape index (κ1) is 13.2. The molecule has 1 aromatic rings. The van der Waals surface area contributed by atoms with Crippen LogP contribution in [-0.2, 0) is 0 Å². The standard InChI is InChI=1S/C13H17FN2OS/c14-12-6-10(3-4-11(12)13(15)18)16-5-1-2-9(7-16)8-17/h3-4,6,9,17H,1-2,5,7-8H2,(H2,15,18). The second-order valence-corrected chi connectivity index (χ2v) is 5.11. The van der Waals surface area contributed by atoms with E-state index in [4.69, 9.17) is 18.0 Å². The Hall–Kier alpha value is -1.20. The van der Waals surface area contributed by atoms with Crippen LogP contribution in [0.1, 0.15) is 18.4 Å². The molecule has 1 heterocycles. The molecule has 98 valence electrons. The molecule has 0 saturated carbocycles. The summed E-state index contributed by atoms with van der Waals surface area (Å²) in [5.74, 6) is -0.108. The molecule has 0 spiro atoms. The number of nitrogens with two attached hydrogens (primary N) is 1. The fourth-order valence-electron chi connectivity index (χ4n) is 2.35. The first-order valence-electron chi connectivity index (χ1n) is 6.07. The minimum Gasteiger partial charge on any atom is -0.396 e. The molecule has 0 amide bonds. The van der Waals surface area contributed by atoms with Crippen LogP contribution in [-0.4, -0.2) is 29.8 Å². The molecule has 0 aromatic heterocycles. The van der Waals surface area contributed by atoms with Crippen molar-refractivity contribution in [3.63, 3.8) is 0 Å². The third-order valence-electron chi connectivity index (χ3n) is 3.36. The van der Waals surface area contributed by atoms with Crippen LogP contribution < -0.4 is 10.6 Å². The van der Waals surface area contributed by atoms with Gasteiger partial charge in [-0.3, -0.25) is 0 Å². The molecule has 3 N–H and O–H groups in total. The lowest BCUT2D eigenvalue weighted by Gasteiger charge is -2.33. The van der Waals surface area contributed by atoms with Crippen LogP contribution in [0.5, 0.6) is 0 Å². The number of piperidine rings is 1. The molecular formula is C13H17FN2OS. The van der Waals surface area contributed by atoms with Crippen LogP contribution in [0, 0.1) is 11.7 Å². The Balaban J connectivity index is 2.18. The minimum atomic E-state index is -0.383. The molecule has 5 heteroatoms. The van der Waals surface area contributed by atoms with Crippen LogP contribution in [0.15, 0.2) is 18.2 Å². The van der Waals surface area contributed by atoms with Gasteiger partial charge in [-0.1, -0.05) is 12.2 Å². The van der Waals surface area contributed by atoms with E-state index in [1.807, 2.05) is 6.07 Å². The number of thiocarbonyl (C=S) groups is 1. The van der Waals surface area contributed by atoms with Crippen LogP contribution in [0.4, 0.5) is 10.1 Å². The van der Waals surface area contributed by atoms with Crippen LogP contribution in [0.25, 0.3) is 0 Å². The zero-order valence-corrected chi connectivity index (χ0v) is 10.9. The number of halogens is 1. The van der Waals surface area contributed by atoms with Crippen LogP contribution in [0.2, 0.25) is 0 Å². The number of hydrogen-bond acceptors (Lipinski definition) is 3. The highest BCUT2D eigenvalue weighted by molar-refractivity contribution is 7.80. The van der Waals surface area contributed by atoms with E-state index in [9.17, 15) is 9.50 Å². The van der Waals surface area contributed by atoms with E-state index in [2.05, 4.69) is 4.90 Å². The summed E-state index contributed by atoms with van der Waals surface area (Å²) in [6.45, 7) is 1.84. The molecule has 3 nitrogen and oxygen atoms in total. The Labute approximate surface area is 111 Å². The molecule has 1 unspecified atom stereocenters. The highest BCUT2D eigenvalue weighted by atomic mass is 32.1. The second kappa shape index (κ2) is 5.63. The number of hydrogen-bond donors (Lipinski definition) is 2. The second-order valence-electron chi connectivity index (χ2n) is 4.67. The molecule has 2 rings (SSSR count). The lowest BCUT2D eigenvalue weighted by Crippen LogP contribution is -2.36. The van der Waals surface area contributed by atoms with Crippen molar-refractivity contribution in [2.75, 3.05) is 24.6 Å². The van der Waals surface area contributed by atoms with Crippen molar-refractivity contribution in [2.24, 2.45) is 11.7 Å². The van der Waals surface area contributed by atoms with Crippen LogP contribution >= 0.6 is 12.2 Å². The number of benzene rings is 1. The Morgan fingerprint density at radius 2 is 2.33 bits per heavy atom. The van der Waals surface area contributed by atoms with Gasteiger partial charge in [0.15, 0.2) is 0 Å². The van der Waals surface area contributed by atoms with Gasteiger partial charge in [-0.25, -0.2) is 4.39 Å². The van der Waals surface area contributed by atoms with Crippen molar-refractivity contribution in [3.05, 3.63) is 29.6 Å². The maximum atomic E-state index is 13.8. The van der Waals surface area contributed by atoms with Crippen molar-refractivity contribution < 1.29 is 9.50 Å². The predicted octanol–water partition coefficient (Wildman–Crippen LogP) is 1.67. The third kappa shape index (κ3) is 2.79. The summed E-state index contributed by atoms with van der Waals surface area (Å²) in [5, 5.41) is 9.19. The number of rotatable bonds is 3. The Morgan fingerprint density at radius 1 is 1.56 bits per heavy atom. The van der Waals surface area contributed by atoms with E-state index in [0.717, 1.165) is 31.6 Å². The van der Waals surface area contributed by atoms with Gasteiger partial charge in [-0.15, -0.1) is 0 Å². The van der Waals surface area contributed by atoms with Crippen LogP contribution in [0.3, 0.4) is 0 Å². The molecule has 1 fully saturated rings. The van der Waals surface area contributed by atoms with Gasteiger partial charge >= 0.3 is 0 Å². The summed E-state index contributed by atoms with van der Waals surface area (Å²) in [5.41, 5.74) is 6.54. The first-order valence-corrected chi connectivity index (χ1v) is 6.48. The summed E-state index contributed by atoms with van der Waals surface area (Å²) >= 11 is 4.78. The van der Waals surface area contributed by atoms with E-state index < -0.39 is 0 Å². The fourth-order valence-corrected chi connectivity index (χ4v) is 2.51. The molecule has 18 heavy (non-hydrogen) atoms. The summed E-state index contributed by atoms with van der Waals surface area (Å²) in [6.07, 6.45) is 2.05. The fraction of sp³-hybridized carbons (Fsp3) is 0.462. The predicted molar refractivity (Wildman–Crippen MR) is 74.3 cm³/mol. The summed E-state index contributed by atoms with van der Waals surface area (Å²) < 4.78 is 13.8. The minimum absolute atomic E-state index is 0.0749. The van der Waals surface area contributed by atoms with Gasteiger partial charge in [-0.05, 0) is 37.0 Å². The van der Waals surface area contributed by atoms with E-state index in [1.54, 1.807) is 6.07 Å². The largest absolute Gasteiger partial charge is 0.396 e. The summed E-state index contributed by atoms with van der Waals surface area (Å²) in [7, 11) is 0. The van der Waals surface area contributed by atoms with Gasteiger partial charge in [0.1, 0.15) is 10.8 Å². The molecule has 1 aromatic carbocycles. The first-order chi connectivity index (χ1) is 8.61. The monoisotopic (exact) mass is 268 g/mol. The SMILES string of the molecule is NC(=S)c1ccc(N2CCCC(CO)C2)cc1F. The number of aliphatic hydroxyl groups is 1. The van der Waals surface area contributed by atoms with E-state index >= 15 is 0 Å².